The zero-order valence-corrected chi connectivity index (χ0v) is 9.54. The molecule has 1 aliphatic rings. The van der Waals surface area contributed by atoms with Crippen molar-refractivity contribution in [1.82, 2.24) is 0 Å². The van der Waals surface area contributed by atoms with Crippen LogP contribution in [0, 0.1) is 0 Å². The SMILES string of the molecule is C1=C(c2ccccc2)COC1c1ccccc1. The van der Waals surface area contributed by atoms with E-state index in [4.69, 9.17) is 4.74 Å². The highest BCUT2D eigenvalue weighted by Crippen LogP contribution is 2.31. The largest absolute Gasteiger partial charge is 0.365 e. The molecule has 17 heavy (non-hydrogen) atoms. The molecule has 2 aromatic rings. The van der Waals surface area contributed by atoms with E-state index in [-0.39, 0.29) is 6.10 Å². The molecule has 1 heteroatoms. The van der Waals surface area contributed by atoms with E-state index in [1.807, 2.05) is 24.3 Å². The van der Waals surface area contributed by atoms with Gasteiger partial charge in [-0.25, -0.2) is 0 Å². The Balaban J connectivity index is 1.87. The first-order valence-corrected chi connectivity index (χ1v) is 5.86. The summed E-state index contributed by atoms with van der Waals surface area (Å²) in [5, 5.41) is 0. The summed E-state index contributed by atoms with van der Waals surface area (Å²) in [4.78, 5) is 0. The third kappa shape index (κ3) is 2.15. The van der Waals surface area contributed by atoms with Gasteiger partial charge in [0.25, 0.3) is 0 Å². The van der Waals surface area contributed by atoms with E-state index in [0.29, 0.717) is 6.61 Å². The van der Waals surface area contributed by atoms with Gasteiger partial charge in [0.05, 0.1) is 6.61 Å². The third-order valence-corrected chi connectivity index (χ3v) is 3.04. The minimum atomic E-state index is 0.103. The Kier molecular flexibility index (Phi) is 2.76. The first kappa shape index (κ1) is 10.3. The van der Waals surface area contributed by atoms with Crippen LogP contribution in [-0.2, 0) is 4.74 Å². The monoisotopic (exact) mass is 222 g/mol. The van der Waals surface area contributed by atoms with E-state index < -0.39 is 0 Å². The average Bonchev–Trinajstić information content (AvgIpc) is 2.90. The second-order valence-electron chi connectivity index (χ2n) is 4.20. The first-order valence-electron chi connectivity index (χ1n) is 5.86. The van der Waals surface area contributed by atoms with Gasteiger partial charge in [-0.05, 0) is 22.8 Å². The third-order valence-electron chi connectivity index (χ3n) is 3.04. The zero-order valence-electron chi connectivity index (χ0n) is 9.54. The van der Waals surface area contributed by atoms with E-state index in [0.717, 1.165) is 0 Å². The van der Waals surface area contributed by atoms with Gasteiger partial charge in [0.1, 0.15) is 6.10 Å². The van der Waals surface area contributed by atoms with E-state index in [9.17, 15) is 0 Å². The molecule has 0 saturated carbocycles. The Morgan fingerprint density at radius 2 is 1.47 bits per heavy atom. The highest BCUT2D eigenvalue weighted by Gasteiger charge is 2.18. The number of hydrogen-bond donors (Lipinski definition) is 0. The Hall–Kier alpha value is -1.86. The molecule has 0 amide bonds. The van der Waals surface area contributed by atoms with E-state index >= 15 is 0 Å². The van der Waals surface area contributed by atoms with Gasteiger partial charge in [-0.2, -0.15) is 0 Å². The summed E-state index contributed by atoms with van der Waals surface area (Å²) in [6.45, 7) is 0.698. The van der Waals surface area contributed by atoms with Crippen LogP contribution in [0.2, 0.25) is 0 Å². The van der Waals surface area contributed by atoms with Crippen molar-refractivity contribution in [2.24, 2.45) is 0 Å². The van der Waals surface area contributed by atoms with Crippen molar-refractivity contribution in [2.45, 2.75) is 6.10 Å². The fourth-order valence-corrected chi connectivity index (χ4v) is 2.13. The molecule has 0 saturated heterocycles. The van der Waals surface area contributed by atoms with Crippen LogP contribution in [0.15, 0.2) is 66.7 Å². The summed E-state index contributed by atoms with van der Waals surface area (Å²) in [5.74, 6) is 0. The maximum absolute atomic E-state index is 5.81. The molecule has 0 aliphatic carbocycles. The molecule has 0 fully saturated rings. The van der Waals surface area contributed by atoms with Crippen molar-refractivity contribution < 1.29 is 4.74 Å². The molecule has 1 nitrogen and oxygen atoms in total. The molecule has 0 N–H and O–H groups in total. The van der Waals surface area contributed by atoms with Crippen LogP contribution in [0.4, 0.5) is 0 Å². The molecule has 1 unspecified atom stereocenters. The van der Waals surface area contributed by atoms with Crippen LogP contribution < -0.4 is 0 Å². The second-order valence-corrected chi connectivity index (χ2v) is 4.20. The molecule has 0 aromatic heterocycles. The Morgan fingerprint density at radius 3 is 2.18 bits per heavy atom. The number of ether oxygens (including phenoxy) is 1. The average molecular weight is 222 g/mol. The molecule has 0 spiro atoms. The van der Waals surface area contributed by atoms with Crippen LogP contribution in [0.5, 0.6) is 0 Å². The molecular weight excluding hydrogens is 208 g/mol. The molecule has 1 heterocycles. The molecule has 3 rings (SSSR count). The van der Waals surface area contributed by atoms with Crippen LogP contribution in [0.25, 0.3) is 5.57 Å². The lowest BCUT2D eigenvalue weighted by molar-refractivity contribution is 0.131. The summed E-state index contributed by atoms with van der Waals surface area (Å²) >= 11 is 0. The summed E-state index contributed by atoms with van der Waals surface area (Å²) < 4.78 is 5.81. The summed E-state index contributed by atoms with van der Waals surface area (Å²) in [5.41, 5.74) is 3.75. The van der Waals surface area contributed by atoms with Crippen molar-refractivity contribution in [1.29, 1.82) is 0 Å². The number of benzene rings is 2. The molecular formula is C16H14O. The van der Waals surface area contributed by atoms with Crippen molar-refractivity contribution in [3.63, 3.8) is 0 Å². The highest BCUT2D eigenvalue weighted by atomic mass is 16.5. The van der Waals surface area contributed by atoms with Crippen molar-refractivity contribution in [3.05, 3.63) is 77.9 Å². The topological polar surface area (TPSA) is 9.23 Å². The molecule has 0 radical (unpaired) electrons. The van der Waals surface area contributed by atoms with Gasteiger partial charge >= 0.3 is 0 Å². The molecule has 2 aromatic carbocycles. The van der Waals surface area contributed by atoms with Gasteiger partial charge in [-0.15, -0.1) is 0 Å². The lowest BCUT2D eigenvalue weighted by atomic mass is 10.0. The summed E-state index contributed by atoms with van der Waals surface area (Å²) in [6.07, 6.45) is 2.32. The van der Waals surface area contributed by atoms with Gasteiger partial charge in [-0.1, -0.05) is 60.7 Å². The molecule has 84 valence electrons. The summed E-state index contributed by atoms with van der Waals surface area (Å²) in [7, 11) is 0. The van der Waals surface area contributed by atoms with Crippen molar-refractivity contribution in [2.75, 3.05) is 6.61 Å². The maximum atomic E-state index is 5.81. The maximum Gasteiger partial charge on any atom is 0.102 e. The second kappa shape index (κ2) is 4.56. The van der Waals surface area contributed by atoms with Gasteiger partial charge in [0, 0.05) is 0 Å². The van der Waals surface area contributed by atoms with Crippen molar-refractivity contribution in [3.8, 4) is 0 Å². The smallest absolute Gasteiger partial charge is 0.102 e. The van der Waals surface area contributed by atoms with E-state index in [1.54, 1.807) is 0 Å². The minimum Gasteiger partial charge on any atom is -0.365 e. The molecule has 0 bridgehead atoms. The van der Waals surface area contributed by atoms with Crippen LogP contribution >= 0.6 is 0 Å². The van der Waals surface area contributed by atoms with Crippen LogP contribution in [0.3, 0.4) is 0 Å². The fraction of sp³-hybridized carbons (Fsp3) is 0.125. The van der Waals surface area contributed by atoms with Crippen LogP contribution in [-0.4, -0.2) is 6.61 Å². The fourth-order valence-electron chi connectivity index (χ4n) is 2.13. The Labute approximate surface area is 101 Å². The molecule has 1 atom stereocenters. The van der Waals surface area contributed by atoms with Crippen LogP contribution in [0.1, 0.15) is 17.2 Å². The number of hydrogen-bond acceptors (Lipinski definition) is 1. The van der Waals surface area contributed by atoms with E-state index in [1.165, 1.54) is 16.7 Å². The Morgan fingerprint density at radius 1 is 0.824 bits per heavy atom. The number of rotatable bonds is 2. The zero-order chi connectivity index (χ0) is 11.5. The standard InChI is InChI=1S/C16H14O/c1-3-7-13(8-4-1)15-11-16(17-12-15)14-9-5-2-6-10-14/h1-11,16H,12H2. The van der Waals surface area contributed by atoms with Gasteiger partial charge in [0.15, 0.2) is 0 Å². The highest BCUT2D eigenvalue weighted by molar-refractivity contribution is 5.68. The van der Waals surface area contributed by atoms with Gasteiger partial charge in [-0.3, -0.25) is 0 Å². The lowest BCUT2D eigenvalue weighted by Crippen LogP contribution is -1.94. The quantitative estimate of drug-likeness (QED) is 0.750. The van der Waals surface area contributed by atoms with Gasteiger partial charge < -0.3 is 4.74 Å². The van der Waals surface area contributed by atoms with Crippen molar-refractivity contribution >= 4 is 5.57 Å². The predicted octanol–water partition coefficient (Wildman–Crippen LogP) is 3.84. The lowest BCUT2D eigenvalue weighted by Gasteiger charge is -2.06. The normalized spacial score (nSPS) is 19.1. The van der Waals surface area contributed by atoms with Gasteiger partial charge in [0.2, 0.25) is 0 Å². The first-order chi connectivity index (χ1) is 8.43. The Bertz CT molecular complexity index is 514. The minimum absolute atomic E-state index is 0.103. The summed E-state index contributed by atoms with van der Waals surface area (Å²) in [6, 6.07) is 20.8. The molecule has 1 aliphatic heterocycles. The van der Waals surface area contributed by atoms with E-state index in [2.05, 4.69) is 42.5 Å². The predicted molar refractivity (Wildman–Crippen MR) is 69.6 cm³/mol.